The molecule has 5 heteroatoms. The van der Waals surface area contributed by atoms with E-state index in [2.05, 4.69) is 21.0 Å². The SMILES string of the molecule is Cc1nn(Cc2ccoc2)c(-c2ccc(F)cc2)c1Br. The van der Waals surface area contributed by atoms with Gasteiger partial charge in [0.05, 0.1) is 34.9 Å². The van der Waals surface area contributed by atoms with Gasteiger partial charge in [-0.15, -0.1) is 0 Å². The highest BCUT2D eigenvalue weighted by atomic mass is 79.9. The number of aryl methyl sites for hydroxylation is 1. The van der Waals surface area contributed by atoms with Crippen molar-refractivity contribution in [3.05, 3.63) is 64.4 Å². The minimum atomic E-state index is -0.248. The van der Waals surface area contributed by atoms with Crippen LogP contribution in [-0.2, 0) is 6.54 Å². The molecule has 0 N–H and O–H groups in total. The molecule has 3 aromatic rings. The van der Waals surface area contributed by atoms with E-state index in [-0.39, 0.29) is 5.82 Å². The van der Waals surface area contributed by atoms with Crippen LogP contribution in [0.3, 0.4) is 0 Å². The summed E-state index contributed by atoms with van der Waals surface area (Å²) in [6, 6.07) is 8.31. The summed E-state index contributed by atoms with van der Waals surface area (Å²) in [4.78, 5) is 0. The molecule has 0 aliphatic carbocycles. The number of nitrogens with zero attached hydrogens (tertiary/aromatic N) is 2. The third-order valence-electron chi connectivity index (χ3n) is 3.08. The Balaban J connectivity index is 2.07. The summed E-state index contributed by atoms with van der Waals surface area (Å²) in [5, 5.41) is 4.52. The molecule has 0 unspecified atom stereocenters. The Morgan fingerprint density at radius 1 is 1.25 bits per heavy atom. The minimum Gasteiger partial charge on any atom is -0.472 e. The highest BCUT2D eigenvalue weighted by molar-refractivity contribution is 9.10. The molecule has 1 aromatic carbocycles. The molecule has 2 aromatic heterocycles. The monoisotopic (exact) mass is 334 g/mol. The van der Waals surface area contributed by atoms with Crippen LogP contribution in [0.2, 0.25) is 0 Å². The molecule has 0 amide bonds. The van der Waals surface area contributed by atoms with Crippen molar-refractivity contribution in [3.8, 4) is 11.3 Å². The first-order valence-corrected chi connectivity index (χ1v) is 6.94. The van der Waals surface area contributed by atoms with Crippen LogP contribution in [0.15, 0.2) is 51.7 Å². The van der Waals surface area contributed by atoms with Gasteiger partial charge in [0.1, 0.15) is 5.82 Å². The molecule has 102 valence electrons. The lowest BCUT2D eigenvalue weighted by atomic mass is 10.1. The Morgan fingerprint density at radius 3 is 2.65 bits per heavy atom. The number of hydrogen-bond donors (Lipinski definition) is 0. The van der Waals surface area contributed by atoms with Crippen LogP contribution in [0.5, 0.6) is 0 Å². The zero-order chi connectivity index (χ0) is 14.1. The van der Waals surface area contributed by atoms with Crippen LogP contribution in [0, 0.1) is 12.7 Å². The van der Waals surface area contributed by atoms with Crippen LogP contribution < -0.4 is 0 Å². The maximum atomic E-state index is 13.1. The second kappa shape index (κ2) is 5.25. The minimum absolute atomic E-state index is 0.248. The largest absolute Gasteiger partial charge is 0.472 e. The van der Waals surface area contributed by atoms with Gasteiger partial charge < -0.3 is 4.42 Å². The van der Waals surface area contributed by atoms with Gasteiger partial charge in [-0.2, -0.15) is 5.10 Å². The Kier molecular flexibility index (Phi) is 3.44. The van der Waals surface area contributed by atoms with Crippen LogP contribution >= 0.6 is 15.9 Å². The lowest BCUT2D eigenvalue weighted by molar-refractivity contribution is 0.560. The maximum Gasteiger partial charge on any atom is 0.123 e. The Labute approximate surface area is 124 Å². The Bertz CT molecular complexity index is 717. The zero-order valence-electron chi connectivity index (χ0n) is 10.8. The van der Waals surface area contributed by atoms with Crippen molar-refractivity contribution in [3.63, 3.8) is 0 Å². The first-order valence-electron chi connectivity index (χ1n) is 6.15. The van der Waals surface area contributed by atoms with Crippen LogP contribution in [-0.4, -0.2) is 9.78 Å². The molecule has 2 heterocycles. The van der Waals surface area contributed by atoms with E-state index in [1.807, 2.05) is 17.7 Å². The fourth-order valence-corrected chi connectivity index (χ4v) is 2.63. The Hall–Kier alpha value is -1.88. The van der Waals surface area contributed by atoms with Gasteiger partial charge in [-0.05, 0) is 53.2 Å². The first-order chi connectivity index (χ1) is 9.65. The zero-order valence-corrected chi connectivity index (χ0v) is 12.4. The van der Waals surface area contributed by atoms with Gasteiger partial charge in [0, 0.05) is 11.1 Å². The third kappa shape index (κ3) is 2.41. The van der Waals surface area contributed by atoms with Crippen LogP contribution in [0.4, 0.5) is 4.39 Å². The number of benzene rings is 1. The predicted molar refractivity (Wildman–Crippen MR) is 77.9 cm³/mol. The second-order valence-corrected chi connectivity index (χ2v) is 5.34. The van der Waals surface area contributed by atoms with Crippen molar-refractivity contribution in [2.24, 2.45) is 0 Å². The highest BCUT2D eigenvalue weighted by Crippen LogP contribution is 2.31. The molecule has 0 aliphatic heterocycles. The van der Waals surface area contributed by atoms with Crippen molar-refractivity contribution in [1.29, 1.82) is 0 Å². The summed E-state index contributed by atoms with van der Waals surface area (Å²) in [6.07, 6.45) is 3.33. The number of halogens is 2. The van der Waals surface area contributed by atoms with Gasteiger partial charge in [0.25, 0.3) is 0 Å². The summed E-state index contributed by atoms with van der Waals surface area (Å²) in [6.45, 7) is 2.54. The van der Waals surface area contributed by atoms with E-state index >= 15 is 0 Å². The molecule has 3 nitrogen and oxygen atoms in total. The Morgan fingerprint density at radius 2 is 2.00 bits per heavy atom. The van der Waals surface area contributed by atoms with E-state index in [1.165, 1.54) is 12.1 Å². The molecule has 0 spiro atoms. The van der Waals surface area contributed by atoms with Crippen molar-refractivity contribution >= 4 is 15.9 Å². The maximum absolute atomic E-state index is 13.1. The third-order valence-corrected chi connectivity index (χ3v) is 4.03. The topological polar surface area (TPSA) is 31.0 Å². The summed E-state index contributed by atoms with van der Waals surface area (Å²) < 4.78 is 21.0. The molecule has 0 saturated carbocycles. The lowest BCUT2D eigenvalue weighted by Crippen LogP contribution is -2.03. The predicted octanol–water partition coefficient (Wildman–Crippen LogP) is 4.40. The van der Waals surface area contributed by atoms with Gasteiger partial charge >= 0.3 is 0 Å². The van der Waals surface area contributed by atoms with E-state index in [9.17, 15) is 4.39 Å². The molecule has 0 radical (unpaired) electrons. The van der Waals surface area contributed by atoms with Crippen molar-refractivity contribution in [1.82, 2.24) is 9.78 Å². The standard InChI is InChI=1S/C15H12BrFN2O/c1-10-14(16)15(12-2-4-13(17)5-3-12)19(18-10)8-11-6-7-20-9-11/h2-7,9H,8H2,1H3. The van der Waals surface area contributed by atoms with Crippen LogP contribution in [0.1, 0.15) is 11.3 Å². The van der Waals surface area contributed by atoms with Crippen LogP contribution in [0.25, 0.3) is 11.3 Å². The molecule has 20 heavy (non-hydrogen) atoms. The van der Waals surface area contributed by atoms with E-state index < -0.39 is 0 Å². The summed E-state index contributed by atoms with van der Waals surface area (Å²) in [5.41, 5.74) is 3.78. The molecular formula is C15H12BrFN2O. The second-order valence-electron chi connectivity index (χ2n) is 4.54. The quantitative estimate of drug-likeness (QED) is 0.710. The molecule has 0 aliphatic rings. The fourth-order valence-electron chi connectivity index (χ4n) is 2.11. The summed E-state index contributed by atoms with van der Waals surface area (Å²) >= 11 is 3.56. The van der Waals surface area contributed by atoms with Gasteiger partial charge in [0.15, 0.2) is 0 Å². The molecular weight excluding hydrogens is 323 g/mol. The number of aromatic nitrogens is 2. The van der Waals surface area contributed by atoms with Gasteiger partial charge in [-0.1, -0.05) is 0 Å². The van der Waals surface area contributed by atoms with E-state index in [1.54, 1.807) is 24.7 Å². The van der Waals surface area contributed by atoms with Gasteiger partial charge in [0.2, 0.25) is 0 Å². The molecule has 0 saturated heterocycles. The molecule has 0 atom stereocenters. The first kappa shape index (κ1) is 13.1. The smallest absolute Gasteiger partial charge is 0.123 e. The normalized spacial score (nSPS) is 10.9. The highest BCUT2D eigenvalue weighted by Gasteiger charge is 2.15. The number of hydrogen-bond acceptors (Lipinski definition) is 2. The van der Waals surface area contributed by atoms with Gasteiger partial charge in [-0.3, -0.25) is 4.68 Å². The fraction of sp³-hybridized carbons (Fsp3) is 0.133. The summed E-state index contributed by atoms with van der Waals surface area (Å²) in [5.74, 6) is -0.248. The molecule has 0 bridgehead atoms. The van der Waals surface area contributed by atoms with E-state index in [0.29, 0.717) is 6.54 Å². The average Bonchev–Trinajstić information content (AvgIpc) is 3.02. The van der Waals surface area contributed by atoms with Gasteiger partial charge in [-0.25, -0.2) is 4.39 Å². The van der Waals surface area contributed by atoms with Crippen molar-refractivity contribution in [2.75, 3.05) is 0 Å². The van der Waals surface area contributed by atoms with Crippen molar-refractivity contribution in [2.45, 2.75) is 13.5 Å². The summed E-state index contributed by atoms with van der Waals surface area (Å²) in [7, 11) is 0. The van der Waals surface area contributed by atoms with E-state index in [0.717, 1.165) is 27.0 Å². The molecule has 3 rings (SSSR count). The number of rotatable bonds is 3. The average molecular weight is 335 g/mol. The van der Waals surface area contributed by atoms with E-state index in [4.69, 9.17) is 4.42 Å². The number of furan rings is 1. The van der Waals surface area contributed by atoms with Crippen molar-refractivity contribution < 1.29 is 8.81 Å². The lowest BCUT2D eigenvalue weighted by Gasteiger charge is -2.07. The molecule has 0 fully saturated rings.